The van der Waals surface area contributed by atoms with Crippen LogP contribution in [0.3, 0.4) is 0 Å². The van der Waals surface area contributed by atoms with Crippen LogP contribution in [-0.4, -0.2) is 63.1 Å². The first kappa shape index (κ1) is 22.0. The fraction of sp³-hybridized carbons (Fsp3) is 0.440. The fourth-order valence-electron chi connectivity index (χ4n) is 4.60. The molecule has 2 fully saturated rings. The molecule has 0 radical (unpaired) electrons. The maximum atomic E-state index is 13.5. The number of hydrogen-bond donors (Lipinski definition) is 1. The first-order valence-corrected chi connectivity index (χ1v) is 11.4. The van der Waals surface area contributed by atoms with Crippen molar-refractivity contribution in [3.05, 3.63) is 48.0 Å². The third kappa shape index (κ3) is 4.82. The molecule has 2 amide bonds. The van der Waals surface area contributed by atoms with Gasteiger partial charge in [0, 0.05) is 51.9 Å². The van der Waals surface area contributed by atoms with Crippen molar-refractivity contribution >= 4 is 28.9 Å². The van der Waals surface area contributed by atoms with Gasteiger partial charge in [0.15, 0.2) is 0 Å². The van der Waals surface area contributed by atoms with E-state index in [-0.39, 0.29) is 11.8 Å². The van der Waals surface area contributed by atoms with Crippen molar-refractivity contribution in [2.45, 2.75) is 26.2 Å². The van der Waals surface area contributed by atoms with Gasteiger partial charge in [0.2, 0.25) is 5.91 Å². The lowest BCUT2D eigenvalue weighted by molar-refractivity contribution is -0.114. The first-order valence-electron chi connectivity index (χ1n) is 11.4. The van der Waals surface area contributed by atoms with Crippen LogP contribution in [0.2, 0.25) is 0 Å². The van der Waals surface area contributed by atoms with Crippen LogP contribution >= 0.6 is 0 Å². The highest BCUT2D eigenvalue weighted by atomic mass is 16.5. The standard InChI is InChI=1S/C25H32N4O3/c1-19(30)26-20-10-11-21(23(18-20)27-12-6-3-7-13-27)25(31)29-16-14-28(15-17-29)22-8-4-5-9-24(22)32-2/h4-5,8-11,18H,3,6-7,12-17H2,1-2H3,(H,26,30). The molecule has 0 aliphatic carbocycles. The zero-order chi connectivity index (χ0) is 22.5. The minimum absolute atomic E-state index is 0.0552. The van der Waals surface area contributed by atoms with Crippen molar-refractivity contribution in [1.82, 2.24) is 4.90 Å². The molecule has 32 heavy (non-hydrogen) atoms. The fourth-order valence-corrected chi connectivity index (χ4v) is 4.60. The van der Waals surface area contributed by atoms with Gasteiger partial charge in [0.05, 0.1) is 24.0 Å². The summed E-state index contributed by atoms with van der Waals surface area (Å²) in [7, 11) is 1.69. The molecule has 7 nitrogen and oxygen atoms in total. The quantitative estimate of drug-likeness (QED) is 0.776. The number of nitrogens with one attached hydrogen (secondary N) is 1. The zero-order valence-corrected chi connectivity index (χ0v) is 19.0. The van der Waals surface area contributed by atoms with Crippen molar-refractivity contribution in [3.63, 3.8) is 0 Å². The zero-order valence-electron chi connectivity index (χ0n) is 19.0. The number of piperazine rings is 1. The van der Waals surface area contributed by atoms with Crippen LogP contribution in [0.15, 0.2) is 42.5 Å². The Kier molecular flexibility index (Phi) is 6.83. The monoisotopic (exact) mass is 436 g/mol. The van der Waals surface area contributed by atoms with Crippen molar-refractivity contribution < 1.29 is 14.3 Å². The molecular formula is C25H32N4O3. The van der Waals surface area contributed by atoms with Gasteiger partial charge < -0.3 is 24.8 Å². The lowest BCUT2D eigenvalue weighted by atomic mass is 10.0. The maximum Gasteiger partial charge on any atom is 0.256 e. The van der Waals surface area contributed by atoms with Gasteiger partial charge in [-0.3, -0.25) is 9.59 Å². The summed E-state index contributed by atoms with van der Waals surface area (Å²) < 4.78 is 5.51. The molecule has 170 valence electrons. The van der Waals surface area contributed by atoms with E-state index in [1.807, 2.05) is 41.3 Å². The Morgan fingerprint density at radius 2 is 1.53 bits per heavy atom. The van der Waals surface area contributed by atoms with Crippen molar-refractivity contribution in [2.75, 3.05) is 61.5 Å². The van der Waals surface area contributed by atoms with Gasteiger partial charge in [-0.05, 0) is 49.6 Å². The molecule has 7 heteroatoms. The van der Waals surface area contributed by atoms with Crippen LogP contribution in [0.5, 0.6) is 5.75 Å². The van der Waals surface area contributed by atoms with Crippen molar-refractivity contribution in [3.8, 4) is 5.75 Å². The van der Waals surface area contributed by atoms with Gasteiger partial charge >= 0.3 is 0 Å². The second-order valence-electron chi connectivity index (χ2n) is 8.41. The normalized spacial score (nSPS) is 16.6. The summed E-state index contributed by atoms with van der Waals surface area (Å²) in [5.74, 6) is 0.800. The van der Waals surface area contributed by atoms with E-state index in [9.17, 15) is 9.59 Å². The van der Waals surface area contributed by atoms with Crippen LogP contribution in [0, 0.1) is 0 Å². The van der Waals surface area contributed by atoms with E-state index in [0.717, 1.165) is 61.8 Å². The Morgan fingerprint density at radius 1 is 0.844 bits per heavy atom. The number of amides is 2. The van der Waals surface area contributed by atoms with Crippen molar-refractivity contribution in [2.24, 2.45) is 0 Å². The summed E-state index contributed by atoms with van der Waals surface area (Å²) in [5.41, 5.74) is 3.44. The maximum absolute atomic E-state index is 13.5. The number of hydrogen-bond acceptors (Lipinski definition) is 5. The lowest BCUT2D eigenvalue weighted by Gasteiger charge is -2.37. The Labute approximate surface area is 189 Å². The summed E-state index contributed by atoms with van der Waals surface area (Å²) in [6.45, 7) is 6.20. The Balaban J connectivity index is 1.52. The highest BCUT2D eigenvalue weighted by Crippen LogP contribution is 2.31. The van der Waals surface area contributed by atoms with Crippen LogP contribution in [-0.2, 0) is 4.79 Å². The summed E-state index contributed by atoms with van der Waals surface area (Å²) >= 11 is 0. The number of anilines is 3. The van der Waals surface area contributed by atoms with Gasteiger partial charge in [-0.25, -0.2) is 0 Å². The number of carbonyl (C=O) groups is 2. The minimum atomic E-state index is -0.110. The van der Waals surface area contributed by atoms with E-state index in [1.54, 1.807) is 7.11 Å². The number of para-hydroxylation sites is 2. The number of nitrogens with zero attached hydrogens (tertiary/aromatic N) is 3. The van der Waals surface area contributed by atoms with Crippen LogP contribution in [0.4, 0.5) is 17.1 Å². The van der Waals surface area contributed by atoms with Crippen molar-refractivity contribution in [1.29, 1.82) is 0 Å². The molecule has 0 saturated carbocycles. The van der Waals surface area contributed by atoms with E-state index in [1.165, 1.54) is 13.3 Å². The van der Waals surface area contributed by atoms with Crippen LogP contribution in [0.25, 0.3) is 0 Å². The highest BCUT2D eigenvalue weighted by Gasteiger charge is 2.27. The van der Waals surface area contributed by atoms with E-state index in [0.29, 0.717) is 18.7 Å². The van der Waals surface area contributed by atoms with E-state index in [4.69, 9.17) is 4.74 Å². The van der Waals surface area contributed by atoms with E-state index >= 15 is 0 Å². The van der Waals surface area contributed by atoms with Gasteiger partial charge in [-0.15, -0.1) is 0 Å². The molecule has 0 aromatic heterocycles. The largest absolute Gasteiger partial charge is 0.495 e. The van der Waals surface area contributed by atoms with Gasteiger partial charge in [-0.1, -0.05) is 12.1 Å². The summed E-state index contributed by atoms with van der Waals surface area (Å²) in [5, 5.41) is 2.86. The molecule has 2 saturated heterocycles. The number of ether oxygens (including phenoxy) is 1. The van der Waals surface area contributed by atoms with E-state index in [2.05, 4.69) is 21.2 Å². The Bertz CT molecular complexity index is 963. The van der Waals surface area contributed by atoms with Gasteiger partial charge in [0.25, 0.3) is 5.91 Å². The number of carbonyl (C=O) groups excluding carboxylic acids is 2. The summed E-state index contributed by atoms with van der Waals surface area (Å²) in [6, 6.07) is 13.6. The van der Waals surface area contributed by atoms with Gasteiger partial charge in [0.1, 0.15) is 5.75 Å². The molecule has 2 aliphatic heterocycles. The highest BCUT2D eigenvalue weighted by molar-refractivity contribution is 6.01. The molecule has 4 rings (SSSR count). The third-order valence-corrected chi connectivity index (χ3v) is 6.24. The average molecular weight is 437 g/mol. The molecule has 2 heterocycles. The molecule has 1 N–H and O–H groups in total. The Morgan fingerprint density at radius 3 is 2.22 bits per heavy atom. The molecular weight excluding hydrogens is 404 g/mol. The number of benzene rings is 2. The summed E-state index contributed by atoms with van der Waals surface area (Å²) in [6.07, 6.45) is 3.46. The summed E-state index contributed by atoms with van der Waals surface area (Å²) in [4.78, 5) is 31.6. The molecule has 0 bridgehead atoms. The average Bonchev–Trinajstić information content (AvgIpc) is 2.84. The SMILES string of the molecule is COc1ccccc1N1CCN(C(=O)c2ccc(NC(C)=O)cc2N2CCCCC2)CC1. The van der Waals surface area contributed by atoms with E-state index < -0.39 is 0 Å². The molecule has 0 atom stereocenters. The van der Waals surface area contributed by atoms with Crippen LogP contribution < -0.4 is 19.9 Å². The second-order valence-corrected chi connectivity index (χ2v) is 8.41. The molecule has 2 aromatic carbocycles. The number of rotatable bonds is 5. The topological polar surface area (TPSA) is 65.1 Å². The molecule has 0 unspecified atom stereocenters. The number of methoxy groups -OCH3 is 1. The Hall–Kier alpha value is -3.22. The van der Waals surface area contributed by atoms with Gasteiger partial charge in [-0.2, -0.15) is 0 Å². The predicted octanol–water partition coefficient (Wildman–Crippen LogP) is 3.61. The van der Waals surface area contributed by atoms with Crippen LogP contribution in [0.1, 0.15) is 36.5 Å². The smallest absolute Gasteiger partial charge is 0.256 e. The first-order chi connectivity index (χ1) is 15.6. The molecule has 0 spiro atoms. The predicted molar refractivity (Wildman–Crippen MR) is 128 cm³/mol. The molecule has 2 aromatic rings. The lowest BCUT2D eigenvalue weighted by Crippen LogP contribution is -2.49. The third-order valence-electron chi connectivity index (χ3n) is 6.24. The molecule has 2 aliphatic rings. The second kappa shape index (κ2) is 9.94. The minimum Gasteiger partial charge on any atom is -0.495 e. The number of piperidine rings is 1.